The van der Waals surface area contributed by atoms with Crippen LogP contribution in [0.3, 0.4) is 0 Å². The van der Waals surface area contributed by atoms with Crippen LogP contribution in [0, 0.1) is 0 Å². The zero-order chi connectivity index (χ0) is 20.9. The standard InChI is InChI=1S/C24H19ClN2O3/c1-30-19-6-4-5-16(15-19)22(28)26-13-14-27-23(29)20-7-2-3-8-21(20)24(26,27)17-9-11-18(25)12-10-17/h2-12,15H,13-14H2,1H3/t24-/m1/s1. The second-order valence-corrected chi connectivity index (χ2v) is 7.81. The fraction of sp³-hybridized carbons (Fsp3) is 0.167. The minimum absolute atomic E-state index is 0.0681. The Morgan fingerprint density at radius 3 is 2.53 bits per heavy atom. The molecule has 1 saturated heterocycles. The van der Waals surface area contributed by atoms with E-state index in [0.717, 1.165) is 11.1 Å². The van der Waals surface area contributed by atoms with Crippen LogP contribution in [0.5, 0.6) is 5.75 Å². The molecule has 2 aliphatic rings. The van der Waals surface area contributed by atoms with E-state index in [4.69, 9.17) is 16.3 Å². The smallest absolute Gasteiger partial charge is 0.256 e. The summed E-state index contributed by atoms with van der Waals surface area (Å²) >= 11 is 6.14. The van der Waals surface area contributed by atoms with Crippen LogP contribution in [0.25, 0.3) is 0 Å². The number of benzene rings is 3. The molecule has 0 radical (unpaired) electrons. The number of methoxy groups -OCH3 is 1. The molecule has 0 N–H and O–H groups in total. The number of amides is 2. The van der Waals surface area contributed by atoms with Crippen molar-refractivity contribution in [3.05, 3.63) is 100 Å². The van der Waals surface area contributed by atoms with Crippen molar-refractivity contribution in [1.29, 1.82) is 0 Å². The second-order valence-electron chi connectivity index (χ2n) is 7.37. The van der Waals surface area contributed by atoms with E-state index in [1.54, 1.807) is 53.3 Å². The molecule has 1 fully saturated rings. The van der Waals surface area contributed by atoms with Gasteiger partial charge in [0, 0.05) is 40.4 Å². The van der Waals surface area contributed by atoms with Crippen LogP contribution in [0.4, 0.5) is 0 Å². The van der Waals surface area contributed by atoms with Crippen LogP contribution >= 0.6 is 11.6 Å². The Bertz CT molecular complexity index is 1160. The first-order valence-electron chi connectivity index (χ1n) is 9.71. The van der Waals surface area contributed by atoms with Gasteiger partial charge >= 0.3 is 0 Å². The highest BCUT2D eigenvalue weighted by molar-refractivity contribution is 6.30. The van der Waals surface area contributed by atoms with Crippen LogP contribution in [0.15, 0.2) is 72.8 Å². The number of halogens is 1. The molecular formula is C24H19ClN2O3. The monoisotopic (exact) mass is 418 g/mol. The third kappa shape index (κ3) is 2.48. The molecule has 0 spiro atoms. The van der Waals surface area contributed by atoms with Crippen LogP contribution in [0.1, 0.15) is 31.8 Å². The Balaban J connectivity index is 1.73. The molecule has 2 amide bonds. The molecule has 5 nitrogen and oxygen atoms in total. The van der Waals surface area contributed by atoms with Crippen molar-refractivity contribution in [3.8, 4) is 5.75 Å². The van der Waals surface area contributed by atoms with E-state index < -0.39 is 5.66 Å². The summed E-state index contributed by atoms with van der Waals surface area (Å²) < 4.78 is 5.30. The Morgan fingerprint density at radius 1 is 1.00 bits per heavy atom. The molecule has 0 bridgehead atoms. The number of carbonyl (C=O) groups is 2. The van der Waals surface area contributed by atoms with Crippen molar-refractivity contribution in [1.82, 2.24) is 9.80 Å². The molecule has 3 aromatic carbocycles. The first-order valence-corrected chi connectivity index (χ1v) is 10.1. The van der Waals surface area contributed by atoms with E-state index in [2.05, 4.69) is 0 Å². The summed E-state index contributed by atoms with van der Waals surface area (Å²) in [7, 11) is 1.57. The third-order valence-corrected chi connectivity index (χ3v) is 6.17. The summed E-state index contributed by atoms with van der Waals surface area (Å²) in [4.78, 5) is 30.6. The summed E-state index contributed by atoms with van der Waals surface area (Å²) in [5.41, 5.74) is 1.78. The molecule has 0 saturated carbocycles. The highest BCUT2D eigenvalue weighted by Gasteiger charge is 2.59. The highest BCUT2D eigenvalue weighted by atomic mass is 35.5. The number of hydrogen-bond donors (Lipinski definition) is 0. The molecule has 5 rings (SSSR count). The number of hydrogen-bond acceptors (Lipinski definition) is 3. The molecule has 0 aliphatic carbocycles. The summed E-state index contributed by atoms with van der Waals surface area (Å²) in [6, 6.07) is 22.0. The van der Waals surface area contributed by atoms with Gasteiger partial charge in [-0.05, 0) is 36.4 Å². The lowest BCUT2D eigenvalue weighted by Gasteiger charge is -2.40. The van der Waals surface area contributed by atoms with Gasteiger partial charge in [0.05, 0.1) is 7.11 Å². The second kappa shape index (κ2) is 6.89. The lowest BCUT2D eigenvalue weighted by Crippen LogP contribution is -2.51. The van der Waals surface area contributed by atoms with Crippen molar-refractivity contribution in [2.75, 3.05) is 20.2 Å². The Kier molecular flexibility index (Phi) is 4.29. The molecule has 0 unspecified atom stereocenters. The van der Waals surface area contributed by atoms with E-state index in [-0.39, 0.29) is 11.8 Å². The third-order valence-electron chi connectivity index (χ3n) is 5.92. The average molecular weight is 419 g/mol. The van der Waals surface area contributed by atoms with E-state index in [0.29, 0.717) is 35.0 Å². The van der Waals surface area contributed by atoms with E-state index >= 15 is 0 Å². The molecule has 2 heterocycles. The van der Waals surface area contributed by atoms with Gasteiger partial charge in [0.15, 0.2) is 5.66 Å². The predicted octanol–water partition coefficient (Wildman–Crippen LogP) is 4.16. The molecular weight excluding hydrogens is 400 g/mol. The molecule has 150 valence electrons. The van der Waals surface area contributed by atoms with Gasteiger partial charge in [0.2, 0.25) is 0 Å². The Labute approximate surface area is 179 Å². The van der Waals surface area contributed by atoms with Crippen molar-refractivity contribution in [2.24, 2.45) is 0 Å². The van der Waals surface area contributed by atoms with Gasteiger partial charge in [-0.2, -0.15) is 0 Å². The number of fused-ring (bicyclic) bond motifs is 3. The predicted molar refractivity (Wildman–Crippen MR) is 114 cm³/mol. The number of ether oxygens (including phenoxy) is 1. The largest absolute Gasteiger partial charge is 0.497 e. The molecule has 0 aromatic heterocycles. The van der Waals surface area contributed by atoms with E-state index in [1.165, 1.54) is 0 Å². The topological polar surface area (TPSA) is 49.9 Å². The maximum atomic E-state index is 13.7. The van der Waals surface area contributed by atoms with Crippen molar-refractivity contribution in [3.63, 3.8) is 0 Å². The SMILES string of the molecule is COc1cccc(C(=O)N2CCN3C(=O)c4ccccc4[C@]23c2ccc(Cl)cc2)c1. The molecule has 3 aromatic rings. The van der Waals surface area contributed by atoms with Crippen molar-refractivity contribution < 1.29 is 14.3 Å². The Morgan fingerprint density at radius 2 is 1.77 bits per heavy atom. The summed E-state index contributed by atoms with van der Waals surface area (Å²) in [6.45, 7) is 0.880. The molecule has 1 atom stereocenters. The fourth-order valence-corrected chi connectivity index (χ4v) is 4.76. The van der Waals surface area contributed by atoms with Gasteiger partial charge < -0.3 is 14.5 Å². The Hall–Kier alpha value is -3.31. The number of rotatable bonds is 3. The van der Waals surface area contributed by atoms with Gasteiger partial charge in [0.25, 0.3) is 11.8 Å². The average Bonchev–Trinajstić information content (AvgIpc) is 3.29. The zero-order valence-electron chi connectivity index (χ0n) is 16.3. The van der Waals surface area contributed by atoms with Gasteiger partial charge in [0.1, 0.15) is 5.75 Å². The highest BCUT2D eigenvalue weighted by Crippen LogP contribution is 2.50. The lowest BCUT2D eigenvalue weighted by atomic mass is 9.89. The zero-order valence-corrected chi connectivity index (χ0v) is 17.1. The molecule has 6 heteroatoms. The first-order chi connectivity index (χ1) is 14.6. The first kappa shape index (κ1) is 18.7. The minimum atomic E-state index is -1.00. The van der Waals surface area contributed by atoms with Crippen LogP contribution < -0.4 is 4.74 Å². The molecule has 30 heavy (non-hydrogen) atoms. The summed E-state index contributed by atoms with van der Waals surface area (Å²) in [5.74, 6) is 0.387. The lowest BCUT2D eigenvalue weighted by molar-refractivity contribution is 0.0375. The van der Waals surface area contributed by atoms with E-state index in [9.17, 15) is 9.59 Å². The normalized spacial score (nSPS) is 19.6. The quantitative estimate of drug-likeness (QED) is 0.641. The number of nitrogens with zero attached hydrogens (tertiary/aromatic N) is 2. The van der Waals surface area contributed by atoms with Crippen LogP contribution in [-0.2, 0) is 5.66 Å². The van der Waals surface area contributed by atoms with Gasteiger partial charge in [-0.1, -0.05) is 48.0 Å². The van der Waals surface area contributed by atoms with E-state index in [1.807, 2.05) is 36.4 Å². The summed E-state index contributed by atoms with van der Waals surface area (Å²) in [5, 5.41) is 0.600. The van der Waals surface area contributed by atoms with Crippen LogP contribution in [-0.4, -0.2) is 41.8 Å². The number of carbonyl (C=O) groups excluding carboxylic acids is 2. The minimum Gasteiger partial charge on any atom is -0.497 e. The van der Waals surface area contributed by atoms with Crippen LogP contribution in [0.2, 0.25) is 5.02 Å². The van der Waals surface area contributed by atoms with Gasteiger partial charge in [-0.25, -0.2) is 0 Å². The van der Waals surface area contributed by atoms with Gasteiger partial charge in [-0.3, -0.25) is 9.59 Å². The van der Waals surface area contributed by atoms with Crippen molar-refractivity contribution >= 4 is 23.4 Å². The maximum Gasteiger partial charge on any atom is 0.256 e. The summed E-state index contributed by atoms with van der Waals surface area (Å²) in [6.07, 6.45) is 0. The fourth-order valence-electron chi connectivity index (χ4n) is 4.64. The molecule has 2 aliphatic heterocycles. The van der Waals surface area contributed by atoms with Gasteiger partial charge in [-0.15, -0.1) is 0 Å². The van der Waals surface area contributed by atoms with Crippen molar-refractivity contribution in [2.45, 2.75) is 5.66 Å². The maximum absolute atomic E-state index is 13.7.